The Morgan fingerprint density at radius 1 is 1.24 bits per heavy atom. The Balaban J connectivity index is 2.05. The quantitative estimate of drug-likeness (QED) is 0.849. The Morgan fingerprint density at radius 3 is 2.60 bits per heavy atom. The van der Waals surface area contributed by atoms with Crippen molar-refractivity contribution < 1.29 is 13.2 Å². The number of hydrogen-bond acceptors (Lipinski definition) is 4. The van der Waals surface area contributed by atoms with Gasteiger partial charge in [-0.15, -0.1) is 0 Å². The second kappa shape index (κ2) is 6.16. The molecule has 0 radical (unpaired) electrons. The number of benzene rings is 2. The molecule has 0 fully saturated rings. The zero-order valence-electron chi connectivity index (χ0n) is 13.3. The van der Waals surface area contributed by atoms with Crippen molar-refractivity contribution in [2.75, 3.05) is 6.54 Å². The van der Waals surface area contributed by atoms with E-state index in [1.165, 1.54) is 12.1 Å². The molecule has 1 aliphatic heterocycles. The number of sulfonamides is 1. The molecule has 6 nitrogen and oxygen atoms in total. The number of nitrogens with two attached hydrogens (primary N) is 1. The van der Waals surface area contributed by atoms with Gasteiger partial charge in [0.1, 0.15) is 0 Å². The average Bonchev–Trinajstić information content (AvgIpc) is 2.90. The van der Waals surface area contributed by atoms with Crippen LogP contribution < -0.4 is 5.14 Å². The number of nitrogens with zero attached hydrogens (tertiary/aromatic N) is 2. The maximum Gasteiger partial charge on any atom is 0.254 e. The van der Waals surface area contributed by atoms with Crippen molar-refractivity contribution >= 4 is 15.9 Å². The van der Waals surface area contributed by atoms with Crippen LogP contribution in [0, 0.1) is 11.3 Å². The van der Waals surface area contributed by atoms with Crippen molar-refractivity contribution in [1.82, 2.24) is 4.90 Å². The first-order valence-corrected chi connectivity index (χ1v) is 8.98. The van der Waals surface area contributed by atoms with Crippen LogP contribution in [0.2, 0.25) is 0 Å². The summed E-state index contributed by atoms with van der Waals surface area (Å²) >= 11 is 0. The van der Waals surface area contributed by atoms with E-state index in [1.807, 2.05) is 12.1 Å². The first-order chi connectivity index (χ1) is 11.8. The van der Waals surface area contributed by atoms with Crippen molar-refractivity contribution in [3.05, 3.63) is 65.7 Å². The number of fused-ring (bicyclic) bond motifs is 1. The van der Waals surface area contributed by atoms with Gasteiger partial charge in [0.2, 0.25) is 10.0 Å². The minimum absolute atomic E-state index is 0.0154. The Labute approximate surface area is 145 Å². The second-order valence-electron chi connectivity index (χ2n) is 5.78. The molecule has 0 bridgehead atoms. The number of carbonyl (C=O) groups is 1. The van der Waals surface area contributed by atoms with E-state index in [4.69, 9.17) is 10.4 Å². The number of amides is 1. The van der Waals surface area contributed by atoms with Crippen LogP contribution in [0.25, 0.3) is 11.1 Å². The standard InChI is InChI=1S/C18H15N3O3S/c1-12(9-19)10-21-11-17-15(6-3-7-16(17)18(21)22)13-4-2-5-14(8-13)25(20,23)24/h2-8H,1,10-11H2,(H2,20,23,24). The fraction of sp³-hybridized carbons (Fsp3) is 0.111. The molecule has 2 N–H and O–H groups in total. The molecule has 3 rings (SSSR count). The van der Waals surface area contributed by atoms with Gasteiger partial charge >= 0.3 is 0 Å². The fourth-order valence-corrected chi connectivity index (χ4v) is 3.45. The van der Waals surface area contributed by atoms with E-state index in [9.17, 15) is 13.2 Å². The van der Waals surface area contributed by atoms with E-state index in [0.29, 0.717) is 23.2 Å². The average molecular weight is 353 g/mol. The van der Waals surface area contributed by atoms with Gasteiger partial charge in [-0.1, -0.05) is 30.8 Å². The molecule has 126 valence electrons. The van der Waals surface area contributed by atoms with E-state index in [0.717, 1.165) is 11.1 Å². The van der Waals surface area contributed by atoms with Gasteiger partial charge in [0.15, 0.2) is 0 Å². The minimum atomic E-state index is -3.81. The second-order valence-corrected chi connectivity index (χ2v) is 7.34. The third-order valence-corrected chi connectivity index (χ3v) is 4.97. The molecule has 1 amide bonds. The summed E-state index contributed by atoms with van der Waals surface area (Å²) in [7, 11) is -3.81. The largest absolute Gasteiger partial charge is 0.329 e. The third-order valence-electron chi connectivity index (χ3n) is 4.06. The molecule has 1 aliphatic rings. The predicted molar refractivity (Wildman–Crippen MR) is 92.7 cm³/mol. The van der Waals surface area contributed by atoms with Crippen LogP contribution in [0.5, 0.6) is 0 Å². The highest BCUT2D eigenvalue weighted by molar-refractivity contribution is 7.89. The Morgan fingerprint density at radius 2 is 1.92 bits per heavy atom. The molecule has 2 aromatic rings. The molecule has 0 aliphatic carbocycles. The fourth-order valence-electron chi connectivity index (χ4n) is 2.90. The molecular weight excluding hydrogens is 338 g/mol. The van der Waals surface area contributed by atoms with E-state index in [1.54, 1.807) is 29.2 Å². The molecule has 0 saturated heterocycles. The molecule has 0 saturated carbocycles. The molecule has 1 heterocycles. The van der Waals surface area contributed by atoms with Crippen molar-refractivity contribution in [2.45, 2.75) is 11.4 Å². The van der Waals surface area contributed by atoms with Crippen molar-refractivity contribution in [3.8, 4) is 17.2 Å². The minimum Gasteiger partial charge on any atom is -0.329 e. The van der Waals surface area contributed by atoms with Gasteiger partial charge in [-0.05, 0) is 34.9 Å². The zero-order chi connectivity index (χ0) is 18.2. The maximum atomic E-state index is 12.5. The lowest BCUT2D eigenvalue weighted by atomic mass is 9.97. The topological polar surface area (TPSA) is 104 Å². The van der Waals surface area contributed by atoms with Gasteiger partial charge in [0, 0.05) is 17.7 Å². The molecule has 0 spiro atoms. The lowest BCUT2D eigenvalue weighted by Gasteiger charge is -2.14. The van der Waals surface area contributed by atoms with Crippen LogP contribution in [0.4, 0.5) is 0 Å². The van der Waals surface area contributed by atoms with E-state index < -0.39 is 10.0 Å². The Kier molecular flexibility index (Phi) is 4.17. The third kappa shape index (κ3) is 3.18. The molecule has 25 heavy (non-hydrogen) atoms. The van der Waals surface area contributed by atoms with E-state index >= 15 is 0 Å². The number of primary sulfonamides is 1. The van der Waals surface area contributed by atoms with Gasteiger partial charge in [-0.3, -0.25) is 4.79 Å². The zero-order valence-corrected chi connectivity index (χ0v) is 14.1. The Bertz CT molecular complexity index is 1040. The maximum absolute atomic E-state index is 12.5. The van der Waals surface area contributed by atoms with Crippen LogP contribution in [-0.2, 0) is 16.6 Å². The summed E-state index contributed by atoms with van der Waals surface area (Å²) in [6.07, 6.45) is 0. The molecule has 2 aromatic carbocycles. The summed E-state index contributed by atoms with van der Waals surface area (Å²) in [4.78, 5) is 14.1. The summed E-state index contributed by atoms with van der Waals surface area (Å²) < 4.78 is 23.2. The monoisotopic (exact) mass is 353 g/mol. The smallest absolute Gasteiger partial charge is 0.254 e. The van der Waals surface area contributed by atoms with Gasteiger partial charge in [-0.2, -0.15) is 5.26 Å². The molecular formula is C18H15N3O3S. The Hall–Kier alpha value is -2.95. The highest BCUT2D eigenvalue weighted by atomic mass is 32.2. The van der Waals surface area contributed by atoms with Crippen LogP contribution in [-0.4, -0.2) is 25.8 Å². The summed E-state index contributed by atoms with van der Waals surface area (Å²) in [5, 5.41) is 14.1. The number of carbonyl (C=O) groups excluding carboxylic acids is 1. The summed E-state index contributed by atoms with van der Waals surface area (Å²) in [5.74, 6) is -0.171. The van der Waals surface area contributed by atoms with Crippen LogP contribution >= 0.6 is 0 Å². The molecule has 7 heteroatoms. The van der Waals surface area contributed by atoms with Gasteiger partial charge < -0.3 is 4.90 Å². The van der Waals surface area contributed by atoms with Crippen LogP contribution in [0.15, 0.2) is 59.5 Å². The molecule has 0 unspecified atom stereocenters. The van der Waals surface area contributed by atoms with E-state index in [2.05, 4.69) is 6.58 Å². The van der Waals surface area contributed by atoms with E-state index in [-0.39, 0.29) is 17.3 Å². The lowest BCUT2D eigenvalue weighted by molar-refractivity contribution is 0.0794. The highest BCUT2D eigenvalue weighted by Gasteiger charge is 2.29. The van der Waals surface area contributed by atoms with Gasteiger partial charge in [0.05, 0.1) is 17.5 Å². The number of rotatable bonds is 4. The van der Waals surface area contributed by atoms with Crippen molar-refractivity contribution in [1.29, 1.82) is 5.26 Å². The van der Waals surface area contributed by atoms with Crippen LogP contribution in [0.3, 0.4) is 0 Å². The number of nitriles is 1. The first kappa shape index (κ1) is 16.9. The summed E-state index contributed by atoms with van der Waals surface area (Å²) in [6.45, 7) is 4.12. The van der Waals surface area contributed by atoms with Gasteiger partial charge in [0.25, 0.3) is 5.91 Å². The van der Waals surface area contributed by atoms with Gasteiger partial charge in [-0.25, -0.2) is 13.6 Å². The first-order valence-electron chi connectivity index (χ1n) is 7.43. The van der Waals surface area contributed by atoms with Crippen molar-refractivity contribution in [2.24, 2.45) is 5.14 Å². The molecule has 0 atom stereocenters. The normalized spacial score (nSPS) is 13.4. The lowest BCUT2D eigenvalue weighted by Crippen LogP contribution is -2.25. The van der Waals surface area contributed by atoms with Crippen LogP contribution in [0.1, 0.15) is 15.9 Å². The summed E-state index contributed by atoms with van der Waals surface area (Å²) in [5.41, 5.74) is 3.08. The predicted octanol–water partition coefficient (Wildman–Crippen LogP) is 2.04. The number of hydrogen-bond donors (Lipinski definition) is 1. The summed E-state index contributed by atoms with van der Waals surface area (Å²) in [6, 6.07) is 13.5. The highest BCUT2D eigenvalue weighted by Crippen LogP contribution is 2.33. The SMILES string of the molecule is C=C(C#N)CN1Cc2c(cccc2-c2cccc(S(N)(=O)=O)c2)C1=O. The molecule has 0 aromatic heterocycles. The van der Waals surface area contributed by atoms with Crippen molar-refractivity contribution in [3.63, 3.8) is 0 Å².